The summed E-state index contributed by atoms with van der Waals surface area (Å²) in [5.74, 6) is -0.310. The molecule has 2 aromatic rings. The molecule has 2 aromatic carbocycles. The van der Waals surface area contributed by atoms with Crippen molar-refractivity contribution in [3.63, 3.8) is 0 Å². The fourth-order valence-electron chi connectivity index (χ4n) is 5.47. The summed E-state index contributed by atoms with van der Waals surface area (Å²) in [7, 11) is 0. The quantitative estimate of drug-likeness (QED) is 0.269. The number of alkyl halides is 5. The van der Waals surface area contributed by atoms with E-state index in [2.05, 4.69) is 16.9 Å². The van der Waals surface area contributed by atoms with E-state index in [1.807, 2.05) is 0 Å². The summed E-state index contributed by atoms with van der Waals surface area (Å²) in [5, 5.41) is 9.04. The van der Waals surface area contributed by atoms with Crippen LogP contribution in [-0.2, 0) is 17.5 Å². The summed E-state index contributed by atoms with van der Waals surface area (Å²) < 4.78 is 89.2. The lowest BCUT2D eigenvalue weighted by Crippen LogP contribution is -2.30. The first-order valence-corrected chi connectivity index (χ1v) is 13.0. The van der Waals surface area contributed by atoms with Crippen molar-refractivity contribution in [2.24, 2.45) is 11.8 Å². The summed E-state index contributed by atoms with van der Waals surface area (Å²) in [6, 6.07) is 9.22. The number of aliphatic hydroxyl groups is 1. The van der Waals surface area contributed by atoms with Gasteiger partial charge in [0.05, 0.1) is 18.3 Å². The van der Waals surface area contributed by atoms with E-state index in [0.717, 1.165) is 43.4 Å². The van der Waals surface area contributed by atoms with Gasteiger partial charge in [0.25, 0.3) is 0 Å². The minimum Gasteiger partial charge on any atom is -0.406 e. The summed E-state index contributed by atoms with van der Waals surface area (Å²) in [4.78, 5) is 0. The lowest BCUT2D eigenvalue weighted by atomic mass is 9.78. The first-order valence-electron chi connectivity index (χ1n) is 13.0. The predicted octanol–water partition coefficient (Wildman–Crippen LogP) is 8.37. The summed E-state index contributed by atoms with van der Waals surface area (Å²) in [5.41, 5.74) is 0.413. The number of benzene rings is 2. The molecule has 2 fully saturated rings. The van der Waals surface area contributed by atoms with E-state index in [0.29, 0.717) is 37.5 Å². The Bertz CT molecular complexity index is 1070. The van der Waals surface area contributed by atoms with Gasteiger partial charge in [0.2, 0.25) is 0 Å². The van der Waals surface area contributed by atoms with E-state index in [-0.39, 0.29) is 17.2 Å². The van der Waals surface area contributed by atoms with Gasteiger partial charge in [-0.25, -0.2) is 4.39 Å². The van der Waals surface area contributed by atoms with Crippen LogP contribution in [0.4, 0.5) is 26.3 Å². The second kappa shape index (κ2) is 12.1. The van der Waals surface area contributed by atoms with Gasteiger partial charge in [-0.3, -0.25) is 0 Å². The van der Waals surface area contributed by atoms with Gasteiger partial charge in [-0.2, -0.15) is 8.78 Å². The predicted molar refractivity (Wildman–Crippen MR) is 130 cm³/mol. The van der Waals surface area contributed by atoms with Crippen molar-refractivity contribution in [3.05, 3.63) is 77.1 Å². The lowest BCUT2D eigenvalue weighted by molar-refractivity contribution is -0.279. The SMILES string of the molecule is OCc1ccc(C(F)(F)OC2CCC(/C=C/C3CCC(c4ccc(OC(F)(F)F)cc4)CC3)CC2)c(F)c1. The minimum atomic E-state index is -4.70. The van der Waals surface area contributed by atoms with Crippen molar-refractivity contribution >= 4 is 0 Å². The molecule has 0 bridgehead atoms. The molecule has 0 saturated heterocycles. The number of halogens is 6. The molecule has 38 heavy (non-hydrogen) atoms. The van der Waals surface area contributed by atoms with Crippen LogP contribution in [0.2, 0.25) is 0 Å². The molecular formula is C29H32F6O3. The van der Waals surface area contributed by atoms with Gasteiger partial charge in [0, 0.05) is 0 Å². The van der Waals surface area contributed by atoms with Crippen LogP contribution < -0.4 is 4.74 Å². The Kier molecular flexibility index (Phi) is 9.08. The van der Waals surface area contributed by atoms with Gasteiger partial charge in [0.15, 0.2) is 0 Å². The summed E-state index contributed by atoms with van der Waals surface area (Å²) >= 11 is 0. The molecule has 0 spiro atoms. The number of allylic oxidation sites excluding steroid dienone is 2. The maximum Gasteiger partial charge on any atom is 0.573 e. The van der Waals surface area contributed by atoms with E-state index in [1.165, 1.54) is 18.2 Å². The van der Waals surface area contributed by atoms with E-state index in [1.54, 1.807) is 12.1 Å². The smallest absolute Gasteiger partial charge is 0.406 e. The van der Waals surface area contributed by atoms with Crippen LogP contribution in [0.3, 0.4) is 0 Å². The average molecular weight is 543 g/mol. The molecule has 1 N–H and O–H groups in total. The highest BCUT2D eigenvalue weighted by Gasteiger charge is 2.39. The van der Waals surface area contributed by atoms with Gasteiger partial charge < -0.3 is 14.6 Å². The molecule has 3 nitrogen and oxygen atoms in total. The highest BCUT2D eigenvalue weighted by atomic mass is 19.4. The Hall–Kier alpha value is -2.52. The van der Waals surface area contributed by atoms with Gasteiger partial charge in [-0.1, -0.05) is 30.4 Å². The molecule has 0 atom stereocenters. The zero-order valence-electron chi connectivity index (χ0n) is 20.9. The average Bonchev–Trinajstić information content (AvgIpc) is 2.88. The molecule has 0 aromatic heterocycles. The van der Waals surface area contributed by atoms with Gasteiger partial charge in [-0.15, -0.1) is 13.2 Å². The van der Waals surface area contributed by atoms with Crippen LogP contribution in [0, 0.1) is 17.7 Å². The first-order chi connectivity index (χ1) is 18.0. The summed E-state index contributed by atoms with van der Waals surface area (Å²) in [6.07, 6.45) is 1.49. The largest absolute Gasteiger partial charge is 0.573 e. The van der Waals surface area contributed by atoms with Gasteiger partial charge in [0.1, 0.15) is 11.6 Å². The van der Waals surface area contributed by atoms with E-state index < -0.39 is 36.6 Å². The number of hydrogen-bond acceptors (Lipinski definition) is 3. The zero-order valence-corrected chi connectivity index (χ0v) is 20.9. The zero-order chi connectivity index (χ0) is 27.3. The third-order valence-electron chi connectivity index (χ3n) is 7.58. The molecule has 2 saturated carbocycles. The molecule has 208 valence electrons. The lowest BCUT2D eigenvalue weighted by Gasteiger charge is -2.31. The molecule has 0 heterocycles. The first kappa shape index (κ1) is 28.5. The van der Waals surface area contributed by atoms with Crippen molar-refractivity contribution in [1.29, 1.82) is 0 Å². The molecule has 2 aliphatic rings. The molecular weight excluding hydrogens is 510 g/mol. The second-order valence-corrected chi connectivity index (χ2v) is 10.3. The number of hydrogen-bond donors (Lipinski definition) is 1. The molecule has 9 heteroatoms. The molecule has 0 aliphatic heterocycles. The Labute approximate surface area is 218 Å². The van der Waals surface area contributed by atoms with E-state index in [9.17, 15) is 26.3 Å². The topological polar surface area (TPSA) is 38.7 Å². The standard InChI is InChI=1S/C29H32F6O3/c30-27-17-21(18-36)7-16-26(27)28(31,32)37-24-12-5-20(6-13-24)2-1-19-3-8-22(9-4-19)23-10-14-25(15-11-23)38-29(33,34)35/h1-2,7,10-11,14-17,19-20,22,24,36H,3-6,8-9,12-13,18H2/b2-1+. The van der Waals surface area contributed by atoms with Crippen molar-refractivity contribution < 1.29 is 40.9 Å². The number of rotatable bonds is 8. The Morgan fingerprint density at radius 1 is 0.789 bits per heavy atom. The monoisotopic (exact) mass is 542 g/mol. The van der Waals surface area contributed by atoms with Crippen LogP contribution in [0.25, 0.3) is 0 Å². The van der Waals surface area contributed by atoms with Crippen molar-refractivity contribution in [2.45, 2.75) is 82.5 Å². The Morgan fingerprint density at radius 2 is 1.37 bits per heavy atom. The number of ether oxygens (including phenoxy) is 2. The van der Waals surface area contributed by atoms with E-state index >= 15 is 0 Å². The molecule has 2 aliphatic carbocycles. The van der Waals surface area contributed by atoms with Crippen LogP contribution in [0.5, 0.6) is 5.75 Å². The maximum absolute atomic E-state index is 14.6. The normalized spacial score (nSPS) is 25.0. The summed E-state index contributed by atoms with van der Waals surface area (Å²) in [6.45, 7) is -0.430. The third-order valence-corrected chi connectivity index (χ3v) is 7.58. The van der Waals surface area contributed by atoms with Gasteiger partial charge >= 0.3 is 12.5 Å². The molecule has 0 radical (unpaired) electrons. The van der Waals surface area contributed by atoms with Crippen LogP contribution in [0.1, 0.15) is 74.0 Å². The minimum absolute atomic E-state index is 0.217. The third kappa shape index (κ3) is 7.76. The van der Waals surface area contributed by atoms with Crippen LogP contribution in [0.15, 0.2) is 54.6 Å². The Morgan fingerprint density at radius 3 is 1.89 bits per heavy atom. The fourth-order valence-corrected chi connectivity index (χ4v) is 5.47. The molecule has 0 unspecified atom stereocenters. The van der Waals surface area contributed by atoms with Crippen LogP contribution in [-0.4, -0.2) is 17.6 Å². The number of aliphatic hydroxyl groups excluding tert-OH is 1. The van der Waals surface area contributed by atoms with Crippen molar-refractivity contribution in [3.8, 4) is 5.75 Å². The second-order valence-electron chi connectivity index (χ2n) is 10.3. The van der Waals surface area contributed by atoms with Crippen LogP contribution >= 0.6 is 0 Å². The van der Waals surface area contributed by atoms with Gasteiger partial charge in [-0.05, 0) is 105 Å². The highest BCUT2D eigenvalue weighted by Crippen LogP contribution is 2.39. The fraction of sp³-hybridized carbons (Fsp3) is 0.517. The van der Waals surface area contributed by atoms with Crippen molar-refractivity contribution in [2.75, 3.05) is 0 Å². The molecule has 0 amide bonds. The van der Waals surface area contributed by atoms with E-state index in [4.69, 9.17) is 9.84 Å². The highest BCUT2D eigenvalue weighted by molar-refractivity contribution is 5.30. The van der Waals surface area contributed by atoms with Crippen molar-refractivity contribution in [1.82, 2.24) is 0 Å². The maximum atomic E-state index is 14.6. The molecule has 4 rings (SSSR count). The Balaban J connectivity index is 1.20.